The van der Waals surface area contributed by atoms with Crippen LogP contribution >= 0.6 is 11.3 Å². The van der Waals surface area contributed by atoms with Crippen molar-refractivity contribution in [3.63, 3.8) is 0 Å². The Morgan fingerprint density at radius 2 is 2.10 bits per heavy atom. The van der Waals surface area contributed by atoms with Crippen LogP contribution in [0.3, 0.4) is 0 Å². The third kappa shape index (κ3) is 5.18. The van der Waals surface area contributed by atoms with Crippen LogP contribution in [0.25, 0.3) is 0 Å². The summed E-state index contributed by atoms with van der Waals surface area (Å²) in [5, 5.41) is 16.1. The molecule has 0 fully saturated rings. The fourth-order valence-electron chi connectivity index (χ4n) is 1.88. The number of carbonyl (C=O) groups is 3. The maximum atomic E-state index is 11.8. The number of hydrogen-bond donors (Lipinski definition) is 3. The minimum Gasteiger partial charge on any atom is -0.480 e. The Morgan fingerprint density at radius 1 is 1.38 bits per heavy atom. The van der Waals surface area contributed by atoms with Crippen LogP contribution in [0.2, 0.25) is 0 Å². The van der Waals surface area contributed by atoms with Crippen LogP contribution in [-0.2, 0) is 9.59 Å². The topological polar surface area (TPSA) is 95.5 Å². The van der Waals surface area contributed by atoms with Crippen LogP contribution < -0.4 is 10.6 Å². The first-order valence-corrected chi connectivity index (χ1v) is 7.63. The van der Waals surface area contributed by atoms with Gasteiger partial charge in [-0.15, -0.1) is 11.3 Å². The number of amides is 2. The van der Waals surface area contributed by atoms with Crippen molar-refractivity contribution < 1.29 is 19.5 Å². The van der Waals surface area contributed by atoms with Gasteiger partial charge >= 0.3 is 5.97 Å². The first-order chi connectivity index (χ1) is 9.89. The third-order valence-electron chi connectivity index (χ3n) is 3.02. The summed E-state index contributed by atoms with van der Waals surface area (Å²) in [6.07, 6.45) is 1.05. The Kier molecular flexibility index (Phi) is 6.36. The summed E-state index contributed by atoms with van der Waals surface area (Å²) >= 11 is 1.32. The van der Waals surface area contributed by atoms with Crippen LogP contribution in [0.5, 0.6) is 0 Å². The van der Waals surface area contributed by atoms with Gasteiger partial charge in [0.05, 0.1) is 4.88 Å². The van der Waals surface area contributed by atoms with Crippen molar-refractivity contribution in [2.24, 2.45) is 0 Å². The summed E-state index contributed by atoms with van der Waals surface area (Å²) in [4.78, 5) is 35.2. The normalized spacial score (nSPS) is 13.2. The summed E-state index contributed by atoms with van der Waals surface area (Å²) < 4.78 is 0. The zero-order valence-corrected chi connectivity index (χ0v) is 13.0. The molecule has 0 aromatic carbocycles. The molecular formula is C14H20N2O4S. The average molecular weight is 312 g/mol. The lowest BCUT2D eigenvalue weighted by Crippen LogP contribution is -2.52. The highest BCUT2D eigenvalue weighted by Gasteiger charge is 2.33. The van der Waals surface area contributed by atoms with Gasteiger partial charge in [-0.2, -0.15) is 0 Å². The molecule has 1 aromatic rings. The number of carboxylic acid groups (broad SMARTS) is 1. The Balaban J connectivity index is 2.40. The zero-order chi connectivity index (χ0) is 15.9. The predicted octanol–water partition coefficient (Wildman–Crippen LogP) is 1.63. The van der Waals surface area contributed by atoms with E-state index >= 15 is 0 Å². The van der Waals surface area contributed by atoms with Gasteiger partial charge in [0.1, 0.15) is 5.54 Å². The minimum absolute atomic E-state index is 0.0453. The SMILES string of the molecule is CCCC(C)(NC(=O)CCNC(=O)c1cccs1)C(=O)O. The maximum Gasteiger partial charge on any atom is 0.329 e. The van der Waals surface area contributed by atoms with Gasteiger partial charge in [-0.3, -0.25) is 9.59 Å². The second kappa shape index (κ2) is 7.78. The van der Waals surface area contributed by atoms with Crippen LogP contribution in [0, 0.1) is 0 Å². The minimum atomic E-state index is -1.26. The molecule has 0 saturated carbocycles. The zero-order valence-electron chi connectivity index (χ0n) is 12.1. The van der Waals surface area contributed by atoms with E-state index in [1.165, 1.54) is 18.3 Å². The molecule has 116 valence electrons. The Bertz CT molecular complexity index is 501. The molecule has 6 nitrogen and oxygen atoms in total. The number of thiophene rings is 1. The largest absolute Gasteiger partial charge is 0.480 e. The molecule has 0 radical (unpaired) electrons. The molecule has 0 aliphatic carbocycles. The van der Waals surface area contributed by atoms with Gasteiger partial charge in [-0.25, -0.2) is 4.79 Å². The Labute approximate surface area is 127 Å². The van der Waals surface area contributed by atoms with E-state index in [1.807, 2.05) is 6.92 Å². The summed E-state index contributed by atoms with van der Waals surface area (Å²) in [5.41, 5.74) is -1.26. The second-order valence-corrected chi connectivity index (χ2v) is 5.87. The van der Waals surface area contributed by atoms with Crippen molar-refractivity contribution in [1.82, 2.24) is 10.6 Å². The molecule has 1 rings (SSSR count). The van der Waals surface area contributed by atoms with Crippen molar-refractivity contribution in [3.05, 3.63) is 22.4 Å². The molecule has 7 heteroatoms. The van der Waals surface area contributed by atoms with Crippen molar-refractivity contribution in [3.8, 4) is 0 Å². The summed E-state index contributed by atoms with van der Waals surface area (Å²) in [5.74, 6) is -1.67. The van der Waals surface area contributed by atoms with Gasteiger partial charge in [0.15, 0.2) is 0 Å². The van der Waals surface area contributed by atoms with Gasteiger partial charge in [-0.05, 0) is 24.8 Å². The fraction of sp³-hybridized carbons (Fsp3) is 0.500. The van der Waals surface area contributed by atoms with Crippen molar-refractivity contribution in [2.75, 3.05) is 6.54 Å². The predicted molar refractivity (Wildman–Crippen MR) is 80.4 cm³/mol. The Morgan fingerprint density at radius 3 is 2.62 bits per heavy atom. The molecule has 1 aromatic heterocycles. The first-order valence-electron chi connectivity index (χ1n) is 6.75. The highest BCUT2D eigenvalue weighted by Crippen LogP contribution is 2.12. The fourth-order valence-corrected chi connectivity index (χ4v) is 2.52. The van der Waals surface area contributed by atoms with E-state index in [-0.39, 0.29) is 24.8 Å². The average Bonchev–Trinajstić information content (AvgIpc) is 2.92. The summed E-state index contributed by atoms with van der Waals surface area (Å²) in [7, 11) is 0. The van der Waals surface area contributed by atoms with E-state index in [0.717, 1.165) is 0 Å². The van der Waals surface area contributed by atoms with E-state index in [4.69, 9.17) is 5.11 Å². The lowest BCUT2D eigenvalue weighted by atomic mass is 9.96. The molecule has 2 amide bonds. The highest BCUT2D eigenvalue weighted by atomic mass is 32.1. The lowest BCUT2D eigenvalue weighted by molar-refractivity contribution is -0.147. The van der Waals surface area contributed by atoms with E-state index < -0.39 is 11.5 Å². The van der Waals surface area contributed by atoms with Crippen molar-refractivity contribution >= 4 is 29.1 Å². The van der Waals surface area contributed by atoms with Crippen LogP contribution in [0.4, 0.5) is 0 Å². The number of aliphatic carboxylic acids is 1. The number of carboxylic acids is 1. The molecule has 1 unspecified atom stereocenters. The number of nitrogens with one attached hydrogen (secondary N) is 2. The second-order valence-electron chi connectivity index (χ2n) is 4.92. The molecule has 1 atom stereocenters. The van der Waals surface area contributed by atoms with E-state index in [2.05, 4.69) is 10.6 Å². The van der Waals surface area contributed by atoms with Gasteiger partial charge in [0, 0.05) is 13.0 Å². The summed E-state index contributed by atoms with van der Waals surface area (Å²) in [6.45, 7) is 3.51. The first kappa shape index (κ1) is 17.2. The number of rotatable bonds is 8. The molecule has 21 heavy (non-hydrogen) atoms. The quantitative estimate of drug-likeness (QED) is 0.680. The number of hydrogen-bond acceptors (Lipinski definition) is 4. The van der Waals surface area contributed by atoms with E-state index in [1.54, 1.807) is 17.5 Å². The molecule has 0 saturated heterocycles. The molecular weight excluding hydrogens is 292 g/mol. The molecule has 3 N–H and O–H groups in total. The van der Waals surface area contributed by atoms with Gasteiger partial charge in [-0.1, -0.05) is 19.4 Å². The molecule has 1 heterocycles. The Hall–Kier alpha value is -1.89. The third-order valence-corrected chi connectivity index (χ3v) is 3.89. The van der Waals surface area contributed by atoms with Crippen LogP contribution in [0.15, 0.2) is 17.5 Å². The van der Waals surface area contributed by atoms with Gasteiger partial charge in [0.2, 0.25) is 5.91 Å². The number of carbonyl (C=O) groups excluding carboxylic acids is 2. The monoisotopic (exact) mass is 312 g/mol. The van der Waals surface area contributed by atoms with E-state index in [9.17, 15) is 14.4 Å². The molecule has 0 spiro atoms. The standard InChI is InChI=1S/C14H20N2O4S/c1-3-7-14(2,13(19)20)16-11(17)6-8-15-12(18)10-5-4-9-21-10/h4-5,9H,3,6-8H2,1-2H3,(H,15,18)(H,16,17)(H,19,20). The molecule has 0 bridgehead atoms. The molecule has 0 aliphatic rings. The van der Waals surface area contributed by atoms with Crippen LogP contribution in [0.1, 0.15) is 42.8 Å². The van der Waals surface area contributed by atoms with E-state index in [0.29, 0.717) is 17.7 Å². The smallest absolute Gasteiger partial charge is 0.329 e. The summed E-state index contributed by atoms with van der Waals surface area (Å²) in [6, 6.07) is 3.47. The van der Waals surface area contributed by atoms with Crippen molar-refractivity contribution in [2.45, 2.75) is 38.6 Å². The maximum absolute atomic E-state index is 11.8. The van der Waals surface area contributed by atoms with Gasteiger partial charge < -0.3 is 15.7 Å². The molecule has 0 aliphatic heterocycles. The lowest BCUT2D eigenvalue weighted by Gasteiger charge is -2.25. The van der Waals surface area contributed by atoms with Crippen LogP contribution in [-0.4, -0.2) is 35.0 Å². The van der Waals surface area contributed by atoms with Gasteiger partial charge in [0.25, 0.3) is 5.91 Å². The van der Waals surface area contributed by atoms with Crippen molar-refractivity contribution in [1.29, 1.82) is 0 Å². The highest BCUT2D eigenvalue weighted by molar-refractivity contribution is 7.12.